The molecular formula is C15H14BrClO3S. The molecule has 112 valence electrons. The monoisotopic (exact) mass is 388 g/mol. The molecule has 6 heteroatoms. The van der Waals surface area contributed by atoms with Gasteiger partial charge in [-0.15, -0.1) is 0 Å². The highest BCUT2D eigenvalue weighted by Crippen LogP contribution is 2.28. The van der Waals surface area contributed by atoms with Crippen LogP contribution in [0.2, 0.25) is 0 Å². The quantitative estimate of drug-likeness (QED) is 0.719. The number of benzene rings is 2. The first-order valence-electron chi connectivity index (χ1n) is 6.20. The first kappa shape index (κ1) is 16.3. The van der Waals surface area contributed by atoms with Crippen LogP contribution in [-0.4, -0.2) is 8.42 Å². The van der Waals surface area contributed by atoms with E-state index < -0.39 is 9.05 Å². The van der Waals surface area contributed by atoms with Crippen molar-refractivity contribution in [3.05, 3.63) is 57.6 Å². The summed E-state index contributed by atoms with van der Waals surface area (Å²) in [6.07, 6.45) is 0. The minimum absolute atomic E-state index is 0.122. The second-order valence-corrected chi connectivity index (χ2v) is 8.19. The summed E-state index contributed by atoms with van der Waals surface area (Å²) < 4.78 is 29.7. The number of ether oxygens (including phenoxy) is 1. The van der Waals surface area contributed by atoms with Crippen molar-refractivity contribution < 1.29 is 13.2 Å². The number of hydrogen-bond acceptors (Lipinski definition) is 3. The van der Waals surface area contributed by atoms with Crippen LogP contribution in [-0.2, 0) is 15.7 Å². The van der Waals surface area contributed by atoms with Gasteiger partial charge in [0.15, 0.2) is 0 Å². The lowest BCUT2D eigenvalue weighted by Crippen LogP contribution is -2.01. The third-order valence-corrected chi connectivity index (χ3v) is 4.98. The molecule has 0 aliphatic carbocycles. The van der Waals surface area contributed by atoms with Gasteiger partial charge in [0.05, 0.1) is 4.90 Å². The molecule has 0 aliphatic heterocycles. The second kappa shape index (κ2) is 6.38. The minimum atomic E-state index is -3.74. The van der Waals surface area contributed by atoms with Gasteiger partial charge in [0.2, 0.25) is 0 Å². The Balaban J connectivity index is 2.24. The van der Waals surface area contributed by atoms with Gasteiger partial charge in [0.25, 0.3) is 9.05 Å². The molecule has 0 amide bonds. The molecule has 2 aromatic carbocycles. The van der Waals surface area contributed by atoms with Crippen LogP contribution < -0.4 is 4.74 Å². The molecule has 0 saturated heterocycles. The molecule has 0 fully saturated rings. The van der Waals surface area contributed by atoms with Crippen LogP contribution in [0.25, 0.3) is 0 Å². The smallest absolute Gasteiger partial charge is 0.261 e. The van der Waals surface area contributed by atoms with E-state index in [4.69, 9.17) is 15.4 Å². The molecule has 0 heterocycles. The average Bonchev–Trinajstić information content (AvgIpc) is 2.38. The van der Waals surface area contributed by atoms with Crippen molar-refractivity contribution in [2.45, 2.75) is 25.3 Å². The highest BCUT2D eigenvalue weighted by Gasteiger charge is 2.16. The van der Waals surface area contributed by atoms with Crippen molar-refractivity contribution >= 4 is 35.7 Å². The molecule has 0 unspecified atom stereocenters. The summed E-state index contributed by atoms with van der Waals surface area (Å²) in [6, 6.07) is 11.0. The fourth-order valence-corrected chi connectivity index (χ4v) is 3.68. The van der Waals surface area contributed by atoms with Gasteiger partial charge >= 0.3 is 0 Å². The van der Waals surface area contributed by atoms with Crippen molar-refractivity contribution in [3.8, 4) is 5.75 Å². The van der Waals surface area contributed by atoms with Gasteiger partial charge in [0, 0.05) is 15.2 Å². The van der Waals surface area contributed by atoms with E-state index in [0.29, 0.717) is 17.9 Å². The van der Waals surface area contributed by atoms with Gasteiger partial charge in [-0.3, -0.25) is 0 Å². The number of aryl methyl sites for hydroxylation is 2. The van der Waals surface area contributed by atoms with Crippen molar-refractivity contribution in [1.82, 2.24) is 0 Å². The lowest BCUT2D eigenvalue weighted by Gasteiger charge is -2.12. The van der Waals surface area contributed by atoms with Gasteiger partial charge in [-0.2, -0.15) is 0 Å². The topological polar surface area (TPSA) is 43.4 Å². The first-order valence-corrected chi connectivity index (χ1v) is 9.31. The molecule has 0 bridgehead atoms. The molecule has 0 spiro atoms. The Morgan fingerprint density at radius 1 is 1.14 bits per heavy atom. The molecule has 2 rings (SSSR count). The van der Waals surface area contributed by atoms with Crippen LogP contribution in [0.15, 0.2) is 45.8 Å². The molecule has 0 N–H and O–H groups in total. The highest BCUT2D eigenvalue weighted by atomic mass is 79.9. The SMILES string of the molecule is Cc1cc(S(=O)(=O)Cl)c(C)cc1OCc1cccc(Br)c1. The zero-order valence-electron chi connectivity index (χ0n) is 11.6. The fraction of sp³-hybridized carbons (Fsp3) is 0.200. The van der Waals surface area contributed by atoms with Crippen molar-refractivity contribution in [2.75, 3.05) is 0 Å². The summed E-state index contributed by atoms with van der Waals surface area (Å²) in [7, 11) is 1.67. The van der Waals surface area contributed by atoms with Crippen LogP contribution in [0.4, 0.5) is 0 Å². The molecule has 0 saturated carbocycles. The second-order valence-electron chi connectivity index (χ2n) is 4.74. The normalized spacial score (nSPS) is 11.4. The van der Waals surface area contributed by atoms with Gasteiger partial charge in [-0.25, -0.2) is 8.42 Å². The van der Waals surface area contributed by atoms with Crippen molar-refractivity contribution in [2.24, 2.45) is 0 Å². The van der Waals surface area contributed by atoms with Crippen LogP contribution in [0.1, 0.15) is 16.7 Å². The largest absolute Gasteiger partial charge is 0.489 e. The van der Waals surface area contributed by atoms with E-state index >= 15 is 0 Å². The van der Waals surface area contributed by atoms with E-state index in [0.717, 1.165) is 15.6 Å². The average molecular weight is 390 g/mol. The lowest BCUT2D eigenvalue weighted by molar-refractivity contribution is 0.303. The summed E-state index contributed by atoms with van der Waals surface area (Å²) in [6.45, 7) is 3.90. The molecule has 3 nitrogen and oxygen atoms in total. The van der Waals surface area contributed by atoms with E-state index in [1.165, 1.54) is 6.07 Å². The maximum Gasteiger partial charge on any atom is 0.261 e. The summed E-state index contributed by atoms with van der Waals surface area (Å²) in [5, 5.41) is 0. The van der Waals surface area contributed by atoms with Gasteiger partial charge in [0.1, 0.15) is 12.4 Å². The Morgan fingerprint density at radius 2 is 1.86 bits per heavy atom. The molecule has 21 heavy (non-hydrogen) atoms. The summed E-state index contributed by atoms with van der Waals surface area (Å²) in [5.41, 5.74) is 2.32. The van der Waals surface area contributed by atoms with Gasteiger partial charge < -0.3 is 4.74 Å². The zero-order valence-corrected chi connectivity index (χ0v) is 14.7. The number of halogens is 2. The van der Waals surface area contributed by atoms with E-state index in [2.05, 4.69) is 15.9 Å². The predicted octanol–water partition coefficient (Wildman–Crippen LogP) is 4.57. The first-order chi connectivity index (χ1) is 9.77. The van der Waals surface area contributed by atoms with Crippen molar-refractivity contribution in [1.29, 1.82) is 0 Å². The van der Waals surface area contributed by atoms with E-state index in [9.17, 15) is 8.42 Å². The molecular weight excluding hydrogens is 376 g/mol. The van der Waals surface area contributed by atoms with Crippen LogP contribution in [0.3, 0.4) is 0 Å². The highest BCUT2D eigenvalue weighted by molar-refractivity contribution is 9.10. The Hall–Kier alpha value is -1.04. The summed E-state index contributed by atoms with van der Waals surface area (Å²) in [5.74, 6) is 0.650. The minimum Gasteiger partial charge on any atom is -0.489 e. The van der Waals surface area contributed by atoms with Crippen LogP contribution in [0.5, 0.6) is 5.75 Å². The number of rotatable bonds is 4. The third-order valence-electron chi connectivity index (χ3n) is 3.02. The van der Waals surface area contributed by atoms with E-state index in [-0.39, 0.29) is 4.90 Å². The standard InChI is InChI=1S/C15H14BrClO3S/c1-10-7-15(21(17,18)19)11(2)6-14(10)20-9-12-4-3-5-13(16)8-12/h3-8H,9H2,1-2H3. The molecule has 2 aromatic rings. The number of hydrogen-bond donors (Lipinski definition) is 0. The Morgan fingerprint density at radius 3 is 2.48 bits per heavy atom. The predicted molar refractivity (Wildman–Crippen MR) is 87.4 cm³/mol. The fourth-order valence-electron chi connectivity index (χ4n) is 1.97. The van der Waals surface area contributed by atoms with E-state index in [1.54, 1.807) is 19.9 Å². The zero-order chi connectivity index (χ0) is 15.6. The Labute approximate surface area is 137 Å². The summed E-state index contributed by atoms with van der Waals surface area (Å²) in [4.78, 5) is 0.122. The summed E-state index contributed by atoms with van der Waals surface area (Å²) >= 11 is 3.41. The van der Waals surface area contributed by atoms with Crippen molar-refractivity contribution in [3.63, 3.8) is 0 Å². The van der Waals surface area contributed by atoms with E-state index in [1.807, 2.05) is 24.3 Å². The van der Waals surface area contributed by atoms with Gasteiger partial charge in [-0.1, -0.05) is 28.1 Å². The maximum atomic E-state index is 11.5. The Bertz CT molecular complexity index is 772. The maximum absolute atomic E-state index is 11.5. The third kappa shape index (κ3) is 4.22. The van der Waals surface area contributed by atoms with Crippen LogP contribution in [0, 0.1) is 13.8 Å². The van der Waals surface area contributed by atoms with Gasteiger partial charge in [-0.05, 0) is 54.8 Å². The lowest BCUT2D eigenvalue weighted by atomic mass is 10.1. The molecule has 0 radical (unpaired) electrons. The molecule has 0 atom stereocenters. The van der Waals surface area contributed by atoms with Crippen LogP contribution >= 0.6 is 26.6 Å². The molecule has 0 aromatic heterocycles. The Kier molecular flexibility index (Phi) is 4.96. The molecule has 0 aliphatic rings.